The second-order valence-electron chi connectivity index (χ2n) is 11.7. The Morgan fingerprint density at radius 1 is 0.927 bits per heavy atom. The van der Waals surface area contributed by atoms with Crippen LogP contribution in [0.5, 0.6) is 0 Å². The average molecular weight is 558 g/mol. The molecule has 3 amide bonds. The van der Waals surface area contributed by atoms with Gasteiger partial charge in [-0.05, 0) is 77.6 Å². The van der Waals surface area contributed by atoms with Gasteiger partial charge in [-0.2, -0.15) is 0 Å². The van der Waals surface area contributed by atoms with Gasteiger partial charge in [0.15, 0.2) is 0 Å². The Kier molecular flexibility index (Phi) is 10.5. The van der Waals surface area contributed by atoms with Crippen LogP contribution in [-0.2, 0) is 20.9 Å². The quantitative estimate of drug-likeness (QED) is 0.196. The first-order valence-corrected chi connectivity index (χ1v) is 14.9. The fourth-order valence-electron chi connectivity index (χ4n) is 5.98. The normalized spacial score (nSPS) is 17.2. The van der Waals surface area contributed by atoms with Gasteiger partial charge >= 0.3 is 0 Å². The van der Waals surface area contributed by atoms with Gasteiger partial charge < -0.3 is 10.2 Å². The lowest BCUT2D eigenvalue weighted by Crippen LogP contribution is -2.51. The number of carbonyl (C=O) groups is 3. The molecule has 0 aromatic heterocycles. The van der Waals surface area contributed by atoms with Gasteiger partial charge in [-0.1, -0.05) is 81.8 Å². The van der Waals surface area contributed by atoms with E-state index in [-0.39, 0.29) is 17.7 Å². The lowest BCUT2D eigenvalue weighted by atomic mass is 9.81. The first-order valence-electron chi connectivity index (χ1n) is 14.9. The Morgan fingerprint density at radius 2 is 1.68 bits per heavy atom. The maximum Gasteiger partial charge on any atom is 0.247 e. The van der Waals surface area contributed by atoms with E-state index >= 15 is 0 Å². The number of hydrogen-bond donors (Lipinski definition) is 3. The Labute approximate surface area is 243 Å². The summed E-state index contributed by atoms with van der Waals surface area (Å²) in [5.41, 5.74) is 5.01. The van der Waals surface area contributed by atoms with Crippen molar-refractivity contribution in [1.29, 1.82) is 0 Å². The average Bonchev–Trinajstić information content (AvgIpc) is 3.14. The SMILES string of the molecule is CCCC(C(=O)NO)C(CC(C)C)C(=O)N[C@H]1CCCCN(Cc2cccc(-c3ccc4ccccc4c3)c2)C1=O. The molecule has 218 valence electrons. The summed E-state index contributed by atoms with van der Waals surface area (Å²) in [5, 5.41) is 14.7. The first kappa shape index (κ1) is 30.3. The van der Waals surface area contributed by atoms with Crippen LogP contribution < -0.4 is 10.8 Å². The molecule has 0 radical (unpaired) electrons. The lowest BCUT2D eigenvalue weighted by Gasteiger charge is -2.29. The molecular formula is C34H43N3O4. The largest absolute Gasteiger partial charge is 0.344 e. The number of likely N-dealkylation sites (tertiary alicyclic amines) is 1. The van der Waals surface area contributed by atoms with E-state index in [0.29, 0.717) is 38.8 Å². The molecule has 1 heterocycles. The minimum absolute atomic E-state index is 0.0890. The molecule has 1 fully saturated rings. The van der Waals surface area contributed by atoms with Gasteiger partial charge in [0.2, 0.25) is 17.7 Å². The minimum atomic E-state index is -0.651. The van der Waals surface area contributed by atoms with Crippen molar-refractivity contribution >= 4 is 28.5 Å². The van der Waals surface area contributed by atoms with Gasteiger partial charge in [-0.3, -0.25) is 19.6 Å². The van der Waals surface area contributed by atoms with Crippen molar-refractivity contribution in [3.05, 3.63) is 72.3 Å². The molecule has 3 aromatic carbocycles. The third kappa shape index (κ3) is 7.73. The number of hydrogen-bond acceptors (Lipinski definition) is 4. The van der Waals surface area contributed by atoms with E-state index in [2.05, 4.69) is 47.8 Å². The predicted octanol–water partition coefficient (Wildman–Crippen LogP) is 6.09. The molecule has 0 spiro atoms. The zero-order valence-corrected chi connectivity index (χ0v) is 24.4. The summed E-state index contributed by atoms with van der Waals surface area (Å²) in [5.74, 6) is -2.03. The van der Waals surface area contributed by atoms with Crippen molar-refractivity contribution in [2.75, 3.05) is 6.54 Å². The summed E-state index contributed by atoms with van der Waals surface area (Å²) in [6.45, 7) is 7.05. The molecule has 2 unspecified atom stereocenters. The van der Waals surface area contributed by atoms with Gasteiger partial charge in [0.25, 0.3) is 0 Å². The van der Waals surface area contributed by atoms with E-state index in [0.717, 1.165) is 29.5 Å². The molecule has 7 heteroatoms. The van der Waals surface area contributed by atoms with Crippen molar-refractivity contribution in [2.45, 2.75) is 71.9 Å². The van der Waals surface area contributed by atoms with E-state index in [9.17, 15) is 19.6 Å². The standard InChI is InChI=1S/C34H43N3O4/c1-4-10-29(33(39)36-41)30(19-23(2)3)32(38)35-31-15-7-8-18-37(34(31)40)22-24-11-9-14-26(20-24)28-17-16-25-12-5-6-13-27(25)21-28/h5-6,9,11-14,16-17,20-21,23,29-31,41H,4,7-8,10,15,18-19,22H2,1-3H3,(H,35,38)(H,36,39)/t29?,30?,31-/m0/s1. The fourth-order valence-corrected chi connectivity index (χ4v) is 5.98. The van der Waals surface area contributed by atoms with Crippen molar-refractivity contribution < 1.29 is 19.6 Å². The Morgan fingerprint density at radius 3 is 2.41 bits per heavy atom. The zero-order chi connectivity index (χ0) is 29.4. The molecule has 1 saturated heterocycles. The summed E-state index contributed by atoms with van der Waals surface area (Å²) in [7, 11) is 0. The van der Waals surface area contributed by atoms with Gasteiger partial charge in [0, 0.05) is 19.0 Å². The van der Waals surface area contributed by atoms with Crippen LogP contribution in [0.1, 0.15) is 64.9 Å². The first-order chi connectivity index (χ1) is 19.8. The van der Waals surface area contributed by atoms with Gasteiger partial charge in [0.05, 0.1) is 5.92 Å². The zero-order valence-electron chi connectivity index (χ0n) is 24.4. The van der Waals surface area contributed by atoms with Crippen molar-refractivity contribution in [2.24, 2.45) is 17.8 Å². The summed E-state index contributed by atoms with van der Waals surface area (Å²) in [6, 6.07) is 22.4. The molecule has 0 bridgehead atoms. The molecule has 7 nitrogen and oxygen atoms in total. The number of amides is 3. The van der Waals surface area contributed by atoms with Crippen molar-refractivity contribution in [3.63, 3.8) is 0 Å². The van der Waals surface area contributed by atoms with Crippen LogP contribution in [-0.4, -0.2) is 40.4 Å². The van der Waals surface area contributed by atoms with Crippen LogP contribution in [0, 0.1) is 17.8 Å². The minimum Gasteiger partial charge on any atom is -0.344 e. The number of carbonyl (C=O) groups excluding carboxylic acids is 3. The summed E-state index contributed by atoms with van der Waals surface area (Å²) in [4.78, 5) is 41.6. The van der Waals surface area contributed by atoms with Crippen LogP contribution in [0.3, 0.4) is 0 Å². The topological polar surface area (TPSA) is 98.7 Å². The molecule has 0 saturated carbocycles. The molecule has 3 atom stereocenters. The fraction of sp³-hybridized carbons (Fsp3) is 0.441. The number of rotatable bonds is 11. The van der Waals surface area contributed by atoms with E-state index in [1.807, 2.05) is 49.9 Å². The molecule has 3 aromatic rings. The highest BCUT2D eigenvalue weighted by molar-refractivity contribution is 5.91. The molecule has 1 aliphatic heterocycles. The van der Waals surface area contributed by atoms with E-state index < -0.39 is 23.8 Å². The van der Waals surface area contributed by atoms with Crippen LogP contribution in [0.15, 0.2) is 66.7 Å². The van der Waals surface area contributed by atoms with E-state index in [1.165, 1.54) is 10.8 Å². The van der Waals surface area contributed by atoms with E-state index in [4.69, 9.17) is 0 Å². The van der Waals surface area contributed by atoms with Crippen molar-refractivity contribution in [3.8, 4) is 11.1 Å². The number of nitrogens with zero attached hydrogens (tertiary/aromatic N) is 1. The maximum absolute atomic E-state index is 13.7. The summed E-state index contributed by atoms with van der Waals surface area (Å²) in [6.07, 6.45) is 3.94. The monoisotopic (exact) mass is 557 g/mol. The molecule has 1 aliphatic rings. The maximum atomic E-state index is 13.7. The smallest absolute Gasteiger partial charge is 0.247 e. The number of hydroxylamine groups is 1. The second kappa shape index (κ2) is 14.3. The van der Waals surface area contributed by atoms with Crippen LogP contribution in [0.2, 0.25) is 0 Å². The lowest BCUT2D eigenvalue weighted by molar-refractivity contribution is -0.143. The number of nitrogens with one attached hydrogen (secondary N) is 2. The van der Waals surface area contributed by atoms with Gasteiger partial charge in [-0.25, -0.2) is 5.48 Å². The molecule has 0 aliphatic carbocycles. The predicted molar refractivity (Wildman–Crippen MR) is 162 cm³/mol. The van der Waals surface area contributed by atoms with E-state index in [1.54, 1.807) is 5.48 Å². The third-order valence-corrected chi connectivity index (χ3v) is 8.07. The Bertz CT molecular complexity index is 1350. The van der Waals surface area contributed by atoms with Crippen molar-refractivity contribution in [1.82, 2.24) is 15.7 Å². The van der Waals surface area contributed by atoms with Gasteiger partial charge in [0.1, 0.15) is 6.04 Å². The highest BCUT2D eigenvalue weighted by Crippen LogP contribution is 2.28. The third-order valence-electron chi connectivity index (χ3n) is 8.07. The number of benzene rings is 3. The Balaban J connectivity index is 1.50. The summed E-state index contributed by atoms with van der Waals surface area (Å²) < 4.78 is 0. The van der Waals surface area contributed by atoms with Crippen LogP contribution in [0.25, 0.3) is 21.9 Å². The number of fused-ring (bicyclic) bond motifs is 1. The summed E-state index contributed by atoms with van der Waals surface area (Å²) >= 11 is 0. The Hall–Kier alpha value is -3.71. The highest BCUT2D eigenvalue weighted by atomic mass is 16.5. The highest BCUT2D eigenvalue weighted by Gasteiger charge is 2.36. The molecule has 3 N–H and O–H groups in total. The molecule has 41 heavy (non-hydrogen) atoms. The van der Waals surface area contributed by atoms with Crippen LogP contribution in [0.4, 0.5) is 0 Å². The second-order valence-corrected chi connectivity index (χ2v) is 11.7. The van der Waals surface area contributed by atoms with Gasteiger partial charge in [-0.15, -0.1) is 0 Å². The molecular weight excluding hydrogens is 514 g/mol. The van der Waals surface area contributed by atoms with Crippen LogP contribution >= 0.6 is 0 Å². The molecule has 4 rings (SSSR count).